The summed E-state index contributed by atoms with van der Waals surface area (Å²) in [7, 11) is 0. The van der Waals surface area contributed by atoms with E-state index in [2.05, 4.69) is 20.5 Å². The summed E-state index contributed by atoms with van der Waals surface area (Å²) in [6.07, 6.45) is 10.0. The number of anilines is 1. The molecule has 2 aliphatic rings. The Morgan fingerprint density at radius 3 is 2.95 bits per heavy atom. The molecule has 1 amide bonds. The van der Waals surface area contributed by atoms with Gasteiger partial charge in [-0.25, -0.2) is 0 Å². The molecule has 1 unspecified atom stereocenters. The third-order valence-electron chi connectivity index (χ3n) is 3.73. The van der Waals surface area contributed by atoms with Gasteiger partial charge in [-0.05, 0) is 17.2 Å². The van der Waals surface area contributed by atoms with E-state index < -0.39 is 0 Å². The van der Waals surface area contributed by atoms with Gasteiger partial charge in [0, 0.05) is 30.3 Å². The normalized spacial score (nSPS) is 19.9. The van der Waals surface area contributed by atoms with E-state index in [-0.39, 0.29) is 11.8 Å². The van der Waals surface area contributed by atoms with Crippen LogP contribution in [0.5, 0.6) is 0 Å². The number of nitrogens with zero attached hydrogens (tertiary/aromatic N) is 2. The van der Waals surface area contributed by atoms with Gasteiger partial charge in [0.25, 0.3) is 0 Å². The highest BCUT2D eigenvalue weighted by Crippen LogP contribution is 2.40. The number of allylic oxidation sites excluding steroid dienone is 4. The largest absolute Gasteiger partial charge is 0.309 e. The van der Waals surface area contributed by atoms with Crippen LogP contribution in [0.15, 0.2) is 42.8 Å². The van der Waals surface area contributed by atoms with Gasteiger partial charge in [-0.1, -0.05) is 24.3 Å². The van der Waals surface area contributed by atoms with Gasteiger partial charge >= 0.3 is 0 Å². The first-order valence-electron chi connectivity index (χ1n) is 6.49. The first-order chi connectivity index (χ1) is 9.83. The Morgan fingerprint density at radius 2 is 2.25 bits per heavy atom. The molecule has 5 heteroatoms. The Kier molecular flexibility index (Phi) is 2.32. The number of aromatic amines is 1. The van der Waals surface area contributed by atoms with E-state index in [0.29, 0.717) is 12.2 Å². The van der Waals surface area contributed by atoms with E-state index in [4.69, 9.17) is 0 Å². The molecule has 1 atom stereocenters. The van der Waals surface area contributed by atoms with E-state index in [1.54, 1.807) is 6.20 Å². The summed E-state index contributed by atoms with van der Waals surface area (Å²) in [4.78, 5) is 16.0. The summed E-state index contributed by atoms with van der Waals surface area (Å²) >= 11 is 0. The van der Waals surface area contributed by atoms with Crippen LogP contribution in [-0.4, -0.2) is 21.1 Å². The molecule has 0 bridgehead atoms. The SMILES string of the molecule is O=C1CC(c2cccnc2)c2c(n[nH]c2C2=CC=C2)N1. The number of amides is 1. The molecule has 0 saturated heterocycles. The highest BCUT2D eigenvalue weighted by Gasteiger charge is 2.32. The second kappa shape index (κ2) is 4.16. The van der Waals surface area contributed by atoms with Gasteiger partial charge in [0.1, 0.15) is 0 Å². The topological polar surface area (TPSA) is 70.7 Å². The van der Waals surface area contributed by atoms with Crippen molar-refractivity contribution in [3.8, 4) is 0 Å². The average molecular weight is 264 g/mol. The lowest BCUT2D eigenvalue weighted by molar-refractivity contribution is -0.116. The van der Waals surface area contributed by atoms with Crippen molar-refractivity contribution in [2.45, 2.75) is 12.3 Å². The standard InChI is InChI=1S/C15H12N4O/c20-12-7-11(10-5-2-6-16-8-10)13-14(9-3-1-4-9)18-19-15(13)17-12/h1-6,8,11H,7H2,(H2,17,18,19,20). The van der Waals surface area contributed by atoms with E-state index in [0.717, 1.165) is 22.4 Å². The van der Waals surface area contributed by atoms with Crippen LogP contribution in [0, 0.1) is 0 Å². The van der Waals surface area contributed by atoms with E-state index in [9.17, 15) is 4.79 Å². The van der Waals surface area contributed by atoms with Gasteiger partial charge < -0.3 is 5.32 Å². The van der Waals surface area contributed by atoms with Crippen LogP contribution >= 0.6 is 0 Å². The molecule has 0 fully saturated rings. The second-order valence-electron chi connectivity index (χ2n) is 4.93. The highest BCUT2D eigenvalue weighted by atomic mass is 16.1. The Morgan fingerprint density at radius 1 is 1.35 bits per heavy atom. The number of H-pyrrole nitrogens is 1. The zero-order valence-electron chi connectivity index (χ0n) is 10.6. The maximum absolute atomic E-state index is 11.9. The van der Waals surface area contributed by atoms with Gasteiger partial charge in [0.05, 0.1) is 5.69 Å². The number of hydrogen-bond donors (Lipinski definition) is 2. The van der Waals surface area contributed by atoms with Crippen molar-refractivity contribution in [2.24, 2.45) is 0 Å². The van der Waals surface area contributed by atoms with Crippen molar-refractivity contribution >= 4 is 17.3 Å². The molecule has 2 aromatic rings. The molecule has 1 aliphatic heterocycles. The Bertz CT molecular complexity index is 742. The molecule has 0 aromatic carbocycles. The molecule has 2 N–H and O–H groups in total. The molecule has 3 heterocycles. The lowest BCUT2D eigenvalue weighted by Gasteiger charge is -2.23. The molecule has 20 heavy (non-hydrogen) atoms. The number of rotatable bonds is 2. The average Bonchev–Trinajstić information content (AvgIpc) is 2.80. The van der Waals surface area contributed by atoms with Crippen molar-refractivity contribution in [1.29, 1.82) is 0 Å². The fourth-order valence-corrected chi connectivity index (χ4v) is 2.70. The first kappa shape index (κ1) is 11.2. The predicted octanol–water partition coefficient (Wildman–Crippen LogP) is 2.23. The van der Waals surface area contributed by atoms with Crippen LogP contribution in [0.1, 0.15) is 29.2 Å². The minimum Gasteiger partial charge on any atom is -0.309 e. The summed E-state index contributed by atoms with van der Waals surface area (Å²) < 4.78 is 0. The van der Waals surface area contributed by atoms with Crippen LogP contribution in [0.4, 0.5) is 5.82 Å². The third-order valence-corrected chi connectivity index (χ3v) is 3.73. The van der Waals surface area contributed by atoms with Gasteiger partial charge in [0.15, 0.2) is 5.82 Å². The summed E-state index contributed by atoms with van der Waals surface area (Å²) in [5.41, 5.74) is 4.18. The number of carbonyl (C=O) groups is 1. The maximum Gasteiger partial charge on any atom is 0.226 e. The molecule has 4 rings (SSSR count). The quantitative estimate of drug-likeness (QED) is 0.873. The maximum atomic E-state index is 11.9. The highest BCUT2D eigenvalue weighted by molar-refractivity contribution is 5.96. The molecule has 0 radical (unpaired) electrons. The van der Waals surface area contributed by atoms with Gasteiger partial charge in [-0.2, -0.15) is 5.10 Å². The van der Waals surface area contributed by atoms with E-state index >= 15 is 0 Å². The van der Waals surface area contributed by atoms with Crippen LogP contribution in [-0.2, 0) is 4.79 Å². The van der Waals surface area contributed by atoms with E-state index in [1.165, 1.54) is 0 Å². The Balaban J connectivity index is 1.86. The van der Waals surface area contributed by atoms with Gasteiger partial charge in [-0.3, -0.25) is 14.9 Å². The summed E-state index contributed by atoms with van der Waals surface area (Å²) in [6, 6.07) is 3.89. The fourth-order valence-electron chi connectivity index (χ4n) is 2.70. The predicted molar refractivity (Wildman–Crippen MR) is 75.0 cm³/mol. The van der Waals surface area contributed by atoms with E-state index in [1.807, 2.05) is 36.6 Å². The van der Waals surface area contributed by atoms with Crippen molar-refractivity contribution < 1.29 is 4.79 Å². The molecule has 0 saturated carbocycles. The second-order valence-corrected chi connectivity index (χ2v) is 4.93. The number of nitrogens with one attached hydrogen (secondary N) is 2. The zero-order valence-corrected chi connectivity index (χ0v) is 10.6. The molecule has 0 spiro atoms. The number of aromatic nitrogens is 3. The minimum atomic E-state index is -0.0115. The lowest BCUT2D eigenvalue weighted by atomic mass is 9.84. The molecule has 98 valence electrons. The van der Waals surface area contributed by atoms with Crippen LogP contribution in [0.3, 0.4) is 0 Å². The molecule has 2 aromatic heterocycles. The summed E-state index contributed by atoms with van der Waals surface area (Å²) in [5.74, 6) is 0.616. The van der Waals surface area contributed by atoms with Gasteiger partial charge in [-0.15, -0.1) is 0 Å². The molecule has 1 aliphatic carbocycles. The summed E-state index contributed by atoms with van der Waals surface area (Å²) in [6.45, 7) is 0. The van der Waals surface area contributed by atoms with Crippen molar-refractivity contribution in [3.05, 3.63) is 59.6 Å². The number of pyridine rings is 1. The Hall–Kier alpha value is -2.69. The van der Waals surface area contributed by atoms with Crippen LogP contribution in [0.25, 0.3) is 5.57 Å². The minimum absolute atomic E-state index is 0.00361. The molecular formula is C15H12N4O. The fraction of sp³-hybridized carbons (Fsp3) is 0.133. The molecule has 5 nitrogen and oxygen atoms in total. The number of fused-ring (bicyclic) bond motifs is 1. The zero-order chi connectivity index (χ0) is 13.5. The third kappa shape index (κ3) is 1.60. The summed E-state index contributed by atoms with van der Waals surface area (Å²) in [5, 5.41) is 10.1. The van der Waals surface area contributed by atoms with Crippen LogP contribution in [0.2, 0.25) is 0 Å². The first-order valence-corrected chi connectivity index (χ1v) is 6.49. The monoisotopic (exact) mass is 264 g/mol. The molecular weight excluding hydrogens is 252 g/mol. The number of carbonyl (C=O) groups excluding carboxylic acids is 1. The van der Waals surface area contributed by atoms with Crippen molar-refractivity contribution in [3.63, 3.8) is 0 Å². The van der Waals surface area contributed by atoms with Crippen LogP contribution < -0.4 is 5.32 Å². The smallest absolute Gasteiger partial charge is 0.226 e. The van der Waals surface area contributed by atoms with Crippen molar-refractivity contribution in [1.82, 2.24) is 15.2 Å². The number of hydrogen-bond acceptors (Lipinski definition) is 3. The Labute approximate surface area is 115 Å². The van der Waals surface area contributed by atoms with Gasteiger partial charge in [0.2, 0.25) is 5.91 Å². The lowest BCUT2D eigenvalue weighted by Crippen LogP contribution is -2.23. The van der Waals surface area contributed by atoms with Crippen molar-refractivity contribution in [2.75, 3.05) is 5.32 Å².